The Kier molecular flexibility index (Phi) is 3.04. The van der Waals surface area contributed by atoms with Gasteiger partial charge in [0.25, 0.3) is 0 Å². The first-order valence-electron chi connectivity index (χ1n) is 4.06. The van der Waals surface area contributed by atoms with Crippen molar-refractivity contribution in [2.75, 3.05) is 7.11 Å². The van der Waals surface area contributed by atoms with Crippen molar-refractivity contribution < 1.29 is 4.74 Å². The minimum atomic E-state index is 0.966. The topological polar surface area (TPSA) is 9.23 Å². The predicted molar refractivity (Wildman–Crippen MR) is 54.4 cm³/mol. The summed E-state index contributed by atoms with van der Waals surface area (Å²) < 4.78 is 5.24. The summed E-state index contributed by atoms with van der Waals surface area (Å²) in [7, 11) is 1.70. The van der Waals surface area contributed by atoms with Crippen LogP contribution in [-0.4, -0.2) is 7.11 Å². The number of hydrogen-bond acceptors (Lipinski definition) is 2. The lowest BCUT2D eigenvalue weighted by molar-refractivity contribution is 0.409. The van der Waals surface area contributed by atoms with Crippen LogP contribution in [0.1, 0.15) is 18.1 Å². The monoisotopic (exact) mass is 182 g/mol. The minimum absolute atomic E-state index is 0.966. The van der Waals surface area contributed by atoms with Gasteiger partial charge in [-0.1, -0.05) is 6.92 Å². The van der Waals surface area contributed by atoms with Crippen molar-refractivity contribution in [2.45, 2.75) is 25.2 Å². The second-order valence-electron chi connectivity index (χ2n) is 2.74. The van der Waals surface area contributed by atoms with Crippen LogP contribution in [0.15, 0.2) is 17.0 Å². The van der Waals surface area contributed by atoms with Crippen LogP contribution in [0.25, 0.3) is 0 Å². The first-order chi connectivity index (χ1) is 5.70. The summed E-state index contributed by atoms with van der Waals surface area (Å²) in [6, 6.07) is 3.94. The molecule has 0 fully saturated rings. The van der Waals surface area contributed by atoms with Crippen molar-refractivity contribution in [3.63, 3.8) is 0 Å². The van der Waals surface area contributed by atoms with Crippen molar-refractivity contribution >= 4 is 12.6 Å². The molecule has 2 heteroatoms. The average Bonchev–Trinajstić information content (AvgIpc) is 2.09. The van der Waals surface area contributed by atoms with Crippen LogP contribution >= 0.6 is 12.6 Å². The molecule has 0 aliphatic heterocycles. The fraction of sp³-hybridized carbons (Fsp3) is 0.400. The van der Waals surface area contributed by atoms with Crippen LogP contribution in [0.4, 0.5) is 0 Å². The molecule has 0 aliphatic carbocycles. The largest absolute Gasteiger partial charge is 0.496 e. The summed E-state index contributed by atoms with van der Waals surface area (Å²) in [6.45, 7) is 4.20. The lowest BCUT2D eigenvalue weighted by Gasteiger charge is -2.11. The lowest BCUT2D eigenvalue weighted by Crippen LogP contribution is -1.94. The molecule has 1 nitrogen and oxygen atoms in total. The molecule has 0 amide bonds. The predicted octanol–water partition coefficient (Wildman–Crippen LogP) is 2.85. The van der Waals surface area contributed by atoms with Crippen LogP contribution in [0.5, 0.6) is 5.75 Å². The highest BCUT2D eigenvalue weighted by molar-refractivity contribution is 7.80. The van der Waals surface area contributed by atoms with Gasteiger partial charge < -0.3 is 4.74 Å². The van der Waals surface area contributed by atoms with Gasteiger partial charge in [0.05, 0.1) is 7.11 Å². The first kappa shape index (κ1) is 9.46. The molecule has 0 atom stereocenters. The van der Waals surface area contributed by atoms with Crippen LogP contribution < -0.4 is 4.74 Å². The van der Waals surface area contributed by atoms with Gasteiger partial charge in [0, 0.05) is 4.90 Å². The Morgan fingerprint density at radius 3 is 2.58 bits per heavy atom. The van der Waals surface area contributed by atoms with E-state index in [4.69, 9.17) is 4.74 Å². The van der Waals surface area contributed by atoms with E-state index in [0.29, 0.717) is 0 Å². The first-order valence-corrected chi connectivity index (χ1v) is 4.50. The maximum atomic E-state index is 5.24. The van der Waals surface area contributed by atoms with Gasteiger partial charge in [-0.05, 0) is 36.6 Å². The number of ether oxygens (including phenoxy) is 1. The number of hydrogen-bond donors (Lipinski definition) is 1. The molecule has 0 saturated heterocycles. The Hall–Kier alpha value is -0.630. The van der Waals surface area contributed by atoms with Crippen LogP contribution in [0, 0.1) is 6.92 Å². The van der Waals surface area contributed by atoms with Gasteiger partial charge in [0.15, 0.2) is 0 Å². The standard InChI is InChI=1S/C10H14OS/c1-4-8-7(2)10(12)6-5-9(8)11-3/h5-6,12H,4H2,1-3H3. The number of rotatable bonds is 2. The van der Waals surface area contributed by atoms with E-state index >= 15 is 0 Å². The molecular weight excluding hydrogens is 168 g/mol. The van der Waals surface area contributed by atoms with Crippen LogP contribution in [-0.2, 0) is 6.42 Å². The second-order valence-corrected chi connectivity index (χ2v) is 3.23. The van der Waals surface area contributed by atoms with Crippen LogP contribution in [0.2, 0.25) is 0 Å². The third-order valence-electron chi connectivity index (χ3n) is 2.10. The molecule has 0 heterocycles. The molecular formula is C10H14OS. The van der Waals surface area contributed by atoms with E-state index in [9.17, 15) is 0 Å². The second kappa shape index (κ2) is 3.85. The number of benzene rings is 1. The normalized spacial score (nSPS) is 10.0. The third kappa shape index (κ3) is 1.58. The van der Waals surface area contributed by atoms with Crippen molar-refractivity contribution in [1.29, 1.82) is 0 Å². The Balaban J connectivity index is 3.25. The molecule has 0 N–H and O–H groups in total. The Labute approximate surface area is 79.2 Å². The number of thiol groups is 1. The van der Waals surface area contributed by atoms with Gasteiger partial charge in [-0.25, -0.2) is 0 Å². The molecule has 66 valence electrons. The van der Waals surface area contributed by atoms with E-state index in [1.807, 2.05) is 12.1 Å². The zero-order valence-electron chi connectivity index (χ0n) is 7.72. The van der Waals surface area contributed by atoms with Crippen molar-refractivity contribution in [3.8, 4) is 5.75 Å². The molecule has 0 bridgehead atoms. The summed E-state index contributed by atoms with van der Waals surface area (Å²) in [5, 5.41) is 0. The molecule has 0 aromatic heterocycles. The molecule has 1 rings (SSSR count). The van der Waals surface area contributed by atoms with E-state index in [1.165, 1.54) is 11.1 Å². The maximum Gasteiger partial charge on any atom is 0.122 e. The van der Waals surface area contributed by atoms with Gasteiger partial charge >= 0.3 is 0 Å². The fourth-order valence-electron chi connectivity index (χ4n) is 1.35. The third-order valence-corrected chi connectivity index (χ3v) is 2.58. The Bertz CT molecular complexity index is 281. The summed E-state index contributed by atoms with van der Waals surface area (Å²) >= 11 is 4.35. The maximum absolute atomic E-state index is 5.24. The van der Waals surface area contributed by atoms with Gasteiger partial charge in [-0.15, -0.1) is 12.6 Å². The summed E-state index contributed by atoms with van der Waals surface area (Å²) in [4.78, 5) is 1.03. The van der Waals surface area contributed by atoms with E-state index < -0.39 is 0 Å². The molecule has 12 heavy (non-hydrogen) atoms. The SMILES string of the molecule is CCc1c(OC)ccc(S)c1C. The Morgan fingerprint density at radius 1 is 1.42 bits per heavy atom. The van der Waals surface area contributed by atoms with Gasteiger partial charge in [-0.2, -0.15) is 0 Å². The van der Waals surface area contributed by atoms with Crippen molar-refractivity contribution in [3.05, 3.63) is 23.3 Å². The zero-order valence-corrected chi connectivity index (χ0v) is 8.61. The quantitative estimate of drug-likeness (QED) is 0.692. The van der Waals surface area contributed by atoms with E-state index in [2.05, 4.69) is 26.5 Å². The lowest BCUT2D eigenvalue weighted by atomic mass is 10.1. The molecule has 0 radical (unpaired) electrons. The van der Waals surface area contributed by atoms with Gasteiger partial charge in [-0.3, -0.25) is 0 Å². The summed E-state index contributed by atoms with van der Waals surface area (Å²) in [6.07, 6.45) is 0.989. The Morgan fingerprint density at radius 2 is 2.08 bits per heavy atom. The molecule has 0 aliphatic rings. The van der Waals surface area contributed by atoms with Crippen molar-refractivity contribution in [2.24, 2.45) is 0 Å². The molecule has 0 saturated carbocycles. The number of methoxy groups -OCH3 is 1. The summed E-state index contributed by atoms with van der Waals surface area (Å²) in [5.41, 5.74) is 2.48. The van der Waals surface area contributed by atoms with Gasteiger partial charge in [0.2, 0.25) is 0 Å². The average molecular weight is 182 g/mol. The highest BCUT2D eigenvalue weighted by Gasteiger charge is 2.05. The molecule has 0 spiro atoms. The van der Waals surface area contributed by atoms with E-state index in [-0.39, 0.29) is 0 Å². The summed E-state index contributed by atoms with van der Waals surface area (Å²) in [5.74, 6) is 0.966. The molecule has 1 aromatic rings. The zero-order chi connectivity index (χ0) is 9.14. The fourth-order valence-corrected chi connectivity index (χ4v) is 1.56. The smallest absolute Gasteiger partial charge is 0.122 e. The minimum Gasteiger partial charge on any atom is -0.496 e. The van der Waals surface area contributed by atoms with Crippen LogP contribution in [0.3, 0.4) is 0 Å². The van der Waals surface area contributed by atoms with Crippen molar-refractivity contribution in [1.82, 2.24) is 0 Å². The highest BCUT2D eigenvalue weighted by Crippen LogP contribution is 2.27. The molecule has 1 aromatic carbocycles. The van der Waals surface area contributed by atoms with E-state index in [0.717, 1.165) is 17.1 Å². The van der Waals surface area contributed by atoms with E-state index in [1.54, 1.807) is 7.11 Å². The molecule has 0 unspecified atom stereocenters. The van der Waals surface area contributed by atoms with Gasteiger partial charge in [0.1, 0.15) is 5.75 Å². The highest BCUT2D eigenvalue weighted by atomic mass is 32.1.